The molecule has 1 N–H and O–H groups in total. The number of esters is 1. The van der Waals surface area contributed by atoms with Crippen LogP contribution in [0.15, 0.2) is 36.9 Å². The maximum Gasteiger partial charge on any atom is 0.326 e. The molecule has 1 rings (SSSR count). The third-order valence-electron chi connectivity index (χ3n) is 2.72. The quantitative estimate of drug-likeness (QED) is 0.621. The van der Waals surface area contributed by atoms with Crippen molar-refractivity contribution in [3.63, 3.8) is 0 Å². The van der Waals surface area contributed by atoms with Gasteiger partial charge in [-0.15, -0.1) is 6.58 Å². The fourth-order valence-electron chi connectivity index (χ4n) is 1.78. The van der Waals surface area contributed by atoms with E-state index in [0.717, 1.165) is 5.56 Å². The molecule has 1 aromatic carbocycles. The van der Waals surface area contributed by atoms with Crippen molar-refractivity contribution < 1.29 is 13.9 Å². The molecule has 98 valence electrons. The predicted molar refractivity (Wildman–Crippen MR) is 68.7 cm³/mol. The van der Waals surface area contributed by atoms with Gasteiger partial charge in [-0.25, -0.2) is 4.39 Å². The Balaban J connectivity index is 2.90. The van der Waals surface area contributed by atoms with E-state index in [1.165, 1.54) is 19.2 Å². The molecule has 0 spiro atoms. The molecule has 0 radical (unpaired) electrons. The molecule has 0 aliphatic rings. The first-order chi connectivity index (χ1) is 8.51. The molecule has 3 nitrogen and oxygen atoms in total. The summed E-state index contributed by atoms with van der Waals surface area (Å²) in [5.41, 5.74) is -0.157. The van der Waals surface area contributed by atoms with Gasteiger partial charge in [-0.05, 0) is 24.6 Å². The molecule has 18 heavy (non-hydrogen) atoms. The highest BCUT2D eigenvalue weighted by molar-refractivity contribution is 5.80. The van der Waals surface area contributed by atoms with Crippen LogP contribution in [-0.4, -0.2) is 25.2 Å². The average Bonchev–Trinajstić information content (AvgIpc) is 2.35. The molecule has 0 fully saturated rings. The van der Waals surface area contributed by atoms with Gasteiger partial charge in [0.1, 0.15) is 11.4 Å². The van der Waals surface area contributed by atoms with E-state index in [0.29, 0.717) is 13.0 Å². The van der Waals surface area contributed by atoms with Gasteiger partial charge in [0.15, 0.2) is 0 Å². The topological polar surface area (TPSA) is 38.3 Å². The minimum atomic E-state index is -0.892. The molecule has 1 unspecified atom stereocenters. The van der Waals surface area contributed by atoms with E-state index in [9.17, 15) is 9.18 Å². The molecule has 0 heterocycles. The fourth-order valence-corrected chi connectivity index (χ4v) is 1.78. The zero-order valence-electron chi connectivity index (χ0n) is 10.7. The summed E-state index contributed by atoms with van der Waals surface area (Å²) >= 11 is 0. The van der Waals surface area contributed by atoms with E-state index >= 15 is 0 Å². The van der Waals surface area contributed by atoms with Gasteiger partial charge in [0.25, 0.3) is 0 Å². The average molecular weight is 251 g/mol. The molecule has 4 heteroatoms. The molecular weight excluding hydrogens is 233 g/mol. The smallest absolute Gasteiger partial charge is 0.326 e. The van der Waals surface area contributed by atoms with Crippen molar-refractivity contribution in [3.8, 4) is 0 Å². The lowest BCUT2D eigenvalue weighted by Gasteiger charge is -2.27. The van der Waals surface area contributed by atoms with Crippen molar-refractivity contribution in [2.24, 2.45) is 0 Å². The van der Waals surface area contributed by atoms with Gasteiger partial charge < -0.3 is 4.74 Å². The van der Waals surface area contributed by atoms with E-state index in [-0.39, 0.29) is 11.8 Å². The van der Waals surface area contributed by atoms with Crippen LogP contribution in [0.5, 0.6) is 0 Å². The van der Waals surface area contributed by atoms with Gasteiger partial charge in [-0.2, -0.15) is 0 Å². The maximum absolute atomic E-state index is 13.1. The van der Waals surface area contributed by atoms with Crippen LogP contribution in [0, 0.1) is 5.82 Å². The van der Waals surface area contributed by atoms with Crippen LogP contribution in [-0.2, 0) is 16.0 Å². The molecule has 0 amide bonds. The number of hydrogen-bond acceptors (Lipinski definition) is 3. The number of nitrogens with one attached hydrogen (secondary N) is 1. The molecule has 1 atom stereocenters. The summed E-state index contributed by atoms with van der Waals surface area (Å²) in [6.45, 7) is 5.80. The van der Waals surface area contributed by atoms with Crippen molar-refractivity contribution in [1.82, 2.24) is 5.32 Å². The Hall–Kier alpha value is -1.68. The number of carbonyl (C=O) groups excluding carboxylic acids is 1. The van der Waals surface area contributed by atoms with Crippen LogP contribution in [0.1, 0.15) is 12.5 Å². The summed E-state index contributed by atoms with van der Waals surface area (Å²) < 4.78 is 17.9. The summed E-state index contributed by atoms with van der Waals surface area (Å²) in [5.74, 6) is -0.697. The Kier molecular flexibility index (Phi) is 5.04. The standard InChI is InChI=1S/C14H18FNO2/c1-4-8-16-14(2,13(17)18-3)10-11-6-5-7-12(15)9-11/h4-7,9,16H,1,8,10H2,2-3H3. The number of methoxy groups -OCH3 is 1. The van der Waals surface area contributed by atoms with Gasteiger partial charge >= 0.3 is 5.97 Å². The lowest BCUT2D eigenvalue weighted by molar-refractivity contribution is -0.147. The van der Waals surface area contributed by atoms with Crippen LogP contribution in [0.25, 0.3) is 0 Å². The highest BCUT2D eigenvalue weighted by Gasteiger charge is 2.33. The second-order valence-corrected chi connectivity index (χ2v) is 4.30. The minimum Gasteiger partial charge on any atom is -0.468 e. The fraction of sp³-hybridized carbons (Fsp3) is 0.357. The minimum absolute atomic E-state index is 0.316. The van der Waals surface area contributed by atoms with E-state index in [1.54, 1.807) is 25.1 Å². The number of rotatable bonds is 6. The van der Waals surface area contributed by atoms with Crippen LogP contribution < -0.4 is 5.32 Å². The Morgan fingerprint density at radius 2 is 2.33 bits per heavy atom. The van der Waals surface area contributed by atoms with Gasteiger partial charge in [0.2, 0.25) is 0 Å². The van der Waals surface area contributed by atoms with E-state index < -0.39 is 5.54 Å². The summed E-state index contributed by atoms with van der Waals surface area (Å²) in [6, 6.07) is 6.18. The van der Waals surface area contributed by atoms with Crippen molar-refractivity contribution in [1.29, 1.82) is 0 Å². The number of halogens is 1. The lowest BCUT2D eigenvalue weighted by Crippen LogP contribution is -2.52. The highest BCUT2D eigenvalue weighted by Crippen LogP contribution is 2.16. The largest absolute Gasteiger partial charge is 0.468 e. The molecule has 0 saturated heterocycles. The van der Waals surface area contributed by atoms with Crippen molar-refractivity contribution in [3.05, 3.63) is 48.3 Å². The SMILES string of the molecule is C=CCNC(C)(Cc1cccc(F)c1)C(=O)OC. The van der Waals surface area contributed by atoms with Gasteiger partial charge in [0.05, 0.1) is 7.11 Å². The Morgan fingerprint density at radius 3 is 2.89 bits per heavy atom. The summed E-state index contributed by atoms with van der Waals surface area (Å²) in [7, 11) is 1.34. The maximum atomic E-state index is 13.1. The number of carbonyl (C=O) groups is 1. The number of hydrogen-bond donors (Lipinski definition) is 1. The van der Waals surface area contributed by atoms with Crippen LogP contribution in [0.3, 0.4) is 0 Å². The van der Waals surface area contributed by atoms with Crippen LogP contribution in [0.4, 0.5) is 4.39 Å². The predicted octanol–water partition coefficient (Wildman–Crippen LogP) is 2.08. The van der Waals surface area contributed by atoms with Gasteiger partial charge in [0, 0.05) is 13.0 Å². The van der Waals surface area contributed by atoms with E-state index in [1.807, 2.05) is 0 Å². The van der Waals surface area contributed by atoms with E-state index in [2.05, 4.69) is 11.9 Å². The van der Waals surface area contributed by atoms with Crippen LogP contribution >= 0.6 is 0 Å². The molecule has 0 bridgehead atoms. The third-order valence-corrected chi connectivity index (χ3v) is 2.72. The van der Waals surface area contributed by atoms with Gasteiger partial charge in [-0.3, -0.25) is 10.1 Å². The molecule has 0 aromatic heterocycles. The monoisotopic (exact) mass is 251 g/mol. The molecule has 0 aliphatic carbocycles. The molecular formula is C14H18FNO2. The van der Waals surface area contributed by atoms with Crippen LogP contribution in [0.2, 0.25) is 0 Å². The normalized spacial score (nSPS) is 13.7. The Bertz CT molecular complexity index is 434. The molecule has 0 saturated carbocycles. The molecule has 1 aromatic rings. The summed E-state index contributed by atoms with van der Waals surface area (Å²) in [5, 5.41) is 3.05. The number of benzene rings is 1. The zero-order valence-corrected chi connectivity index (χ0v) is 10.7. The zero-order chi connectivity index (χ0) is 13.6. The Labute approximate surface area is 107 Å². The van der Waals surface area contributed by atoms with Gasteiger partial charge in [-0.1, -0.05) is 18.2 Å². The number of ether oxygens (including phenoxy) is 1. The van der Waals surface area contributed by atoms with E-state index in [4.69, 9.17) is 4.74 Å². The van der Waals surface area contributed by atoms with Crippen molar-refractivity contribution in [2.45, 2.75) is 18.9 Å². The van der Waals surface area contributed by atoms with Crippen molar-refractivity contribution >= 4 is 5.97 Å². The second kappa shape index (κ2) is 6.31. The third kappa shape index (κ3) is 3.67. The lowest BCUT2D eigenvalue weighted by atomic mass is 9.92. The molecule has 0 aliphatic heterocycles. The summed E-state index contributed by atoms with van der Waals surface area (Å²) in [6.07, 6.45) is 2.01. The first-order valence-corrected chi connectivity index (χ1v) is 5.70. The first-order valence-electron chi connectivity index (χ1n) is 5.70. The second-order valence-electron chi connectivity index (χ2n) is 4.30. The highest BCUT2D eigenvalue weighted by atomic mass is 19.1. The first kappa shape index (κ1) is 14.4. The summed E-state index contributed by atoms with van der Waals surface area (Å²) in [4.78, 5) is 11.8. The Morgan fingerprint density at radius 1 is 1.61 bits per heavy atom. The van der Waals surface area contributed by atoms with Crippen molar-refractivity contribution in [2.75, 3.05) is 13.7 Å².